The molecule has 2 amide bonds. The van der Waals surface area contributed by atoms with Gasteiger partial charge in [0, 0.05) is 19.5 Å². The number of ether oxygens (including phenoxy) is 3. The van der Waals surface area contributed by atoms with Crippen LogP contribution in [0.25, 0.3) is 0 Å². The summed E-state index contributed by atoms with van der Waals surface area (Å²) in [6.07, 6.45) is 20.1. The smallest absolute Gasteiger partial charge is 0.407 e. The molecular formula is C29H58N2O5. The molecule has 0 aromatic heterocycles. The van der Waals surface area contributed by atoms with Crippen molar-refractivity contribution in [1.82, 2.24) is 10.6 Å². The molecule has 0 rings (SSSR count). The monoisotopic (exact) mass is 514 g/mol. The Hall–Kier alpha value is -1.34. The Balaban J connectivity index is 3.24. The lowest BCUT2D eigenvalue weighted by molar-refractivity contribution is -0.121. The van der Waals surface area contributed by atoms with Gasteiger partial charge < -0.3 is 24.8 Å². The second-order valence-corrected chi connectivity index (χ2v) is 10.7. The number of carbonyl (C=O) groups excluding carboxylic acids is 2. The van der Waals surface area contributed by atoms with Crippen LogP contribution < -0.4 is 10.6 Å². The number of amides is 2. The second kappa shape index (κ2) is 25.3. The highest BCUT2D eigenvalue weighted by Crippen LogP contribution is 2.13. The molecule has 0 spiro atoms. The van der Waals surface area contributed by atoms with Gasteiger partial charge in [-0.3, -0.25) is 4.79 Å². The summed E-state index contributed by atoms with van der Waals surface area (Å²) < 4.78 is 16.0. The predicted molar refractivity (Wildman–Crippen MR) is 148 cm³/mol. The summed E-state index contributed by atoms with van der Waals surface area (Å²) >= 11 is 0. The van der Waals surface area contributed by atoms with Gasteiger partial charge in [-0.2, -0.15) is 0 Å². The first-order valence-corrected chi connectivity index (χ1v) is 14.7. The van der Waals surface area contributed by atoms with Crippen molar-refractivity contribution < 1.29 is 23.8 Å². The molecule has 0 heterocycles. The zero-order valence-electron chi connectivity index (χ0n) is 24.1. The van der Waals surface area contributed by atoms with E-state index in [2.05, 4.69) is 17.6 Å². The van der Waals surface area contributed by atoms with E-state index in [1.807, 2.05) is 20.8 Å². The van der Waals surface area contributed by atoms with Crippen molar-refractivity contribution in [3.05, 3.63) is 0 Å². The van der Waals surface area contributed by atoms with E-state index >= 15 is 0 Å². The van der Waals surface area contributed by atoms with E-state index in [9.17, 15) is 9.59 Å². The Bertz CT molecular complexity index is 508. The van der Waals surface area contributed by atoms with E-state index in [-0.39, 0.29) is 5.91 Å². The van der Waals surface area contributed by atoms with E-state index in [1.54, 1.807) is 0 Å². The zero-order valence-corrected chi connectivity index (χ0v) is 24.1. The highest BCUT2D eigenvalue weighted by Gasteiger charge is 2.15. The Labute approximate surface area is 222 Å². The van der Waals surface area contributed by atoms with Gasteiger partial charge in [-0.15, -0.1) is 0 Å². The quantitative estimate of drug-likeness (QED) is 0.129. The van der Waals surface area contributed by atoms with E-state index in [4.69, 9.17) is 14.2 Å². The number of alkyl carbamates (subject to hydrolysis) is 1. The summed E-state index contributed by atoms with van der Waals surface area (Å²) in [5, 5.41) is 5.54. The largest absolute Gasteiger partial charge is 0.444 e. The minimum atomic E-state index is -0.500. The Morgan fingerprint density at radius 1 is 0.583 bits per heavy atom. The summed E-state index contributed by atoms with van der Waals surface area (Å²) in [5.74, 6) is 0.109. The Morgan fingerprint density at radius 2 is 1.00 bits per heavy atom. The van der Waals surface area contributed by atoms with Gasteiger partial charge in [0.05, 0.1) is 26.4 Å². The first-order chi connectivity index (χ1) is 17.3. The average molecular weight is 515 g/mol. The highest BCUT2D eigenvalue weighted by molar-refractivity contribution is 5.75. The van der Waals surface area contributed by atoms with Gasteiger partial charge in [0.25, 0.3) is 0 Å². The summed E-state index contributed by atoms with van der Waals surface area (Å²) in [6, 6.07) is 0. The van der Waals surface area contributed by atoms with Crippen molar-refractivity contribution >= 4 is 12.0 Å². The third-order valence-electron chi connectivity index (χ3n) is 5.86. The summed E-state index contributed by atoms with van der Waals surface area (Å²) in [6.45, 7) is 10.4. The first kappa shape index (κ1) is 34.7. The third-order valence-corrected chi connectivity index (χ3v) is 5.86. The van der Waals surface area contributed by atoms with Crippen LogP contribution in [0.5, 0.6) is 0 Å². The topological polar surface area (TPSA) is 85.9 Å². The average Bonchev–Trinajstić information content (AvgIpc) is 2.81. The normalized spacial score (nSPS) is 11.4. The van der Waals surface area contributed by atoms with Gasteiger partial charge in [0.2, 0.25) is 5.91 Å². The molecule has 0 fully saturated rings. The summed E-state index contributed by atoms with van der Waals surface area (Å²) in [4.78, 5) is 23.4. The molecule has 0 unspecified atom stereocenters. The van der Waals surface area contributed by atoms with Crippen LogP contribution in [0.1, 0.15) is 130 Å². The van der Waals surface area contributed by atoms with Gasteiger partial charge in [-0.25, -0.2) is 4.79 Å². The molecule has 36 heavy (non-hydrogen) atoms. The van der Waals surface area contributed by atoms with Crippen molar-refractivity contribution in [3.63, 3.8) is 0 Å². The van der Waals surface area contributed by atoms with Gasteiger partial charge in [-0.1, -0.05) is 96.8 Å². The maximum Gasteiger partial charge on any atom is 0.407 e. The molecule has 0 radical (unpaired) electrons. The third kappa shape index (κ3) is 28.9. The maximum absolute atomic E-state index is 11.9. The van der Waals surface area contributed by atoms with Crippen LogP contribution in [0, 0.1) is 0 Å². The van der Waals surface area contributed by atoms with E-state index in [1.165, 1.54) is 83.5 Å². The van der Waals surface area contributed by atoms with E-state index < -0.39 is 11.7 Å². The molecule has 7 nitrogen and oxygen atoms in total. The van der Waals surface area contributed by atoms with Crippen molar-refractivity contribution in [2.24, 2.45) is 0 Å². The summed E-state index contributed by atoms with van der Waals surface area (Å²) in [7, 11) is 0. The molecule has 0 bridgehead atoms. The number of unbranched alkanes of at least 4 members (excludes halogenated alkanes) is 14. The molecular weight excluding hydrogens is 456 g/mol. The number of nitrogens with one attached hydrogen (secondary N) is 2. The highest BCUT2D eigenvalue weighted by atomic mass is 16.6. The molecule has 214 valence electrons. The molecule has 2 N–H and O–H groups in total. The fraction of sp³-hybridized carbons (Fsp3) is 0.931. The first-order valence-electron chi connectivity index (χ1n) is 14.7. The van der Waals surface area contributed by atoms with Crippen molar-refractivity contribution in [2.45, 2.75) is 136 Å². The molecule has 0 saturated heterocycles. The van der Waals surface area contributed by atoms with E-state index in [0.29, 0.717) is 45.9 Å². The molecule has 0 aliphatic rings. The molecule has 0 aromatic carbocycles. The number of hydrogen-bond acceptors (Lipinski definition) is 5. The number of rotatable bonds is 25. The molecule has 0 aromatic rings. The second-order valence-electron chi connectivity index (χ2n) is 10.7. The number of hydrogen-bond donors (Lipinski definition) is 2. The Kier molecular flexibility index (Phi) is 24.4. The van der Waals surface area contributed by atoms with Gasteiger partial charge in [0.15, 0.2) is 0 Å². The van der Waals surface area contributed by atoms with Crippen LogP contribution in [0.15, 0.2) is 0 Å². The van der Waals surface area contributed by atoms with Crippen LogP contribution in [0.3, 0.4) is 0 Å². The van der Waals surface area contributed by atoms with Gasteiger partial charge in [0.1, 0.15) is 5.60 Å². The van der Waals surface area contributed by atoms with Crippen LogP contribution in [-0.4, -0.2) is 57.1 Å². The maximum atomic E-state index is 11.9. The van der Waals surface area contributed by atoms with Gasteiger partial charge >= 0.3 is 6.09 Å². The van der Waals surface area contributed by atoms with Crippen molar-refractivity contribution in [1.29, 1.82) is 0 Å². The molecule has 0 aliphatic carbocycles. The molecule has 0 saturated carbocycles. The fourth-order valence-electron chi connectivity index (χ4n) is 3.87. The molecule has 7 heteroatoms. The lowest BCUT2D eigenvalue weighted by Crippen LogP contribution is -2.34. The van der Waals surface area contributed by atoms with Crippen LogP contribution in [-0.2, 0) is 19.0 Å². The predicted octanol–water partition coefficient (Wildman–Crippen LogP) is 6.92. The van der Waals surface area contributed by atoms with Crippen LogP contribution in [0.2, 0.25) is 0 Å². The minimum Gasteiger partial charge on any atom is -0.444 e. The SMILES string of the molecule is CCCCCCCCCCCCCCCCCC(=O)NCCOCCOCCNC(=O)OC(C)(C)C. The van der Waals surface area contributed by atoms with E-state index in [0.717, 1.165) is 12.8 Å². The van der Waals surface area contributed by atoms with Crippen LogP contribution >= 0.6 is 0 Å². The number of carbonyl (C=O) groups is 2. The molecule has 0 atom stereocenters. The fourth-order valence-corrected chi connectivity index (χ4v) is 3.87. The van der Waals surface area contributed by atoms with Crippen molar-refractivity contribution in [3.8, 4) is 0 Å². The lowest BCUT2D eigenvalue weighted by Gasteiger charge is -2.19. The lowest BCUT2D eigenvalue weighted by atomic mass is 10.0. The Morgan fingerprint density at radius 3 is 1.44 bits per heavy atom. The standard InChI is InChI=1S/C29H58N2O5/c1-5-6-7-8-9-10-11-12-13-14-15-16-17-18-19-20-27(32)30-21-23-34-25-26-35-24-22-31-28(33)36-29(2,3)4/h5-26H2,1-4H3,(H,30,32)(H,31,33). The summed E-state index contributed by atoms with van der Waals surface area (Å²) in [5.41, 5.74) is -0.500. The zero-order chi connectivity index (χ0) is 26.7. The van der Waals surface area contributed by atoms with Crippen molar-refractivity contribution in [2.75, 3.05) is 39.5 Å². The van der Waals surface area contributed by atoms with Gasteiger partial charge in [-0.05, 0) is 27.2 Å². The molecule has 0 aliphatic heterocycles. The minimum absolute atomic E-state index is 0.109. The van der Waals surface area contributed by atoms with Crippen LogP contribution in [0.4, 0.5) is 4.79 Å².